The van der Waals surface area contributed by atoms with Crippen LogP contribution < -0.4 is 10.7 Å². The van der Waals surface area contributed by atoms with E-state index in [1.807, 2.05) is 6.92 Å². The number of hydrogen-bond acceptors (Lipinski definition) is 4. The Morgan fingerprint density at radius 1 is 1.35 bits per heavy atom. The average Bonchev–Trinajstić information content (AvgIpc) is 2.28. The second-order valence-corrected chi connectivity index (χ2v) is 4.83. The summed E-state index contributed by atoms with van der Waals surface area (Å²) in [6.07, 6.45) is 0.211. The van der Waals surface area contributed by atoms with E-state index in [2.05, 4.69) is 5.32 Å². The van der Waals surface area contributed by atoms with Crippen LogP contribution in [-0.2, 0) is 9.59 Å². The van der Waals surface area contributed by atoms with Gasteiger partial charge in [0.15, 0.2) is 5.43 Å². The summed E-state index contributed by atoms with van der Waals surface area (Å²) in [6, 6.07) is 6.52. The van der Waals surface area contributed by atoms with Gasteiger partial charge in [0.1, 0.15) is 0 Å². The van der Waals surface area contributed by atoms with Gasteiger partial charge in [-0.25, -0.2) is 0 Å². The molecule has 1 heterocycles. The molecule has 0 saturated heterocycles. The van der Waals surface area contributed by atoms with Gasteiger partial charge in [-0.05, 0) is 31.2 Å². The topological polar surface area (TPSA) is 63.2 Å². The molecule has 4 nitrogen and oxygen atoms in total. The fourth-order valence-corrected chi connectivity index (χ4v) is 2.50. The zero-order chi connectivity index (χ0) is 12.4. The first-order chi connectivity index (χ1) is 8.10. The minimum absolute atomic E-state index is 0.0375. The van der Waals surface area contributed by atoms with Crippen molar-refractivity contribution in [2.75, 3.05) is 5.32 Å². The molecule has 0 aliphatic rings. The number of rotatable bonds is 2. The second-order valence-electron chi connectivity index (χ2n) is 3.54. The first-order valence-electron chi connectivity index (χ1n) is 4.91. The molecule has 1 aromatic heterocycles. The summed E-state index contributed by atoms with van der Waals surface area (Å²) in [7, 11) is 0. The summed E-state index contributed by atoms with van der Waals surface area (Å²) < 4.78 is 0.790. The molecule has 0 saturated carbocycles. The third-order valence-electron chi connectivity index (χ3n) is 2.23. The fraction of sp³-hybridized carbons (Fsp3) is 0.0833. The number of aryl methyl sites for hydroxylation is 1. The highest BCUT2D eigenvalue weighted by molar-refractivity contribution is 7.18. The molecule has 1 amide bonds. The van der Waals surface area contributed by atoms with Crippen LogP contribution in [0, 0.1) is 6.92 Å². The third kappa shape index (κ3) is 2.39. The van der Waals surface area contributed by atoms with Crippen molar-refractivity contribution >= 4 is 39.3 Å². The monoisotopic (exact) mass is 247 g/mol. The minimum atomic E-state index is -0.704. The summed E-state index contributed by atoms with van der Waals surface area (Å²) in [5, 5.41) is 3.04. The number of hydrogen-bond donors (Lipinski definition) is 1. The molecule has 17 heavy (non-hydrogen) atoms. The largest absolute Gasteiger partial charge is 0.320 e. The van der Waals surface area contributed by atoms with Crippen LogP contribution >= 0.6 is 11.3 Å². The molecular weight excluding hydrogens is 238 g/mol. The first-order valence-corrected chi connectivity index (χ1v) is 5.72. The van der Waals surface area contributed by atoms with E-state index in [9.17, 15) is 14.4 Å². The highest BCUT2D eigenvalue weighted by atomic mass is 32.1. The standard InChI is InChI=1S/C12H9NO3S/c1-7-4-10(15)9-3-2-8(5-11(9)17-7)13-12(16)6-14/h2-6H,1H3,(H,13,16). The molecule has 0 radical (unpaired) electrons. The molecule has 2 rings (SSSR count). The third-order valence-corrected chi connectivity index (χ3v) is 3.22. The molecule has 0 aliphatic carbocycles. The Bertz CT molecular complexity index is 660. The van der Waals surface area contributed by atoms with E-state index in [1.165, 1.54) is 11.3 Å². The number of carbonyl (C=O) groups excluding carboxylic acids is 2. The van der Waals surface area contributed by atoms with Crippen LogP contribution in [0.3, 0.4) is 0 Å². The van der Waals surface area contributed by atoms with E-state index in [0.29, 0.717) is 11.1 Å². The Balaban J connectivity index is 2.54. The van der Waals surface area contributed by atoms with Gasteiger partial charge in [-0.1, -0.05) is 0 Å². The van der Waals surface area contributed by atoms with Crippen molar-refractivity contribution in [3.05, 3.63) is 39.4 Å². The number of benzene rings is 1. The number of aldehydes is 1. The highest BCUT2D eigenvalue weighted by Crippen LogP contribution is 2.22. The van der Waals surface area contributed by atoms with Crippen molar-refractivity contribution in [1.82, 2.24) is 0 Å². The predicted octanol–water partition coefficient (Wildman–Crippen LogP) is 1.71. The molecule has 0 fully saturated rings. The Hall–Kier alpha value is -2.01. The van der Waals surface area contributed by atoms with Gasteiger partial charge in [0.05, 0.1) is 0 Å². The van der Waals surface area contributed by atoms with Gasteiger partial charge in [0.2, 0.25) is 6.29 Å². The second kappa shape index (κ2) is 4.47. The van der Waals surface area contributed by atoms with E-state index < -0.39 is 5.91 Å². The molecule has 0 bridgehead atoms. The molecule has 0 spiro atoms. The van der Waals surface area contributed by atoms with Crippen LogP contribution in [-0.4, -0.2) is 12.2 Å². The molecular formula is C12H9NO3S. The van der Waals surface area contributed by atoms with Gasteiger partial charge in [-0.3, -0.25) is 14.4 Å². The summed E-state index contributed by atoms with van der Waals surface area (Å²) in [5.74, 6) is -0.704. The Morgan fingerprint density at radius 2 is 2.12 bits per heavy atom. The van der Waals surface area contributed by atoms with Crippen LogP contribution in [0.2, 0.25) is 0 Å². The number of fused-ring (bicyclic) bond motifs is 1. The van der Waals surface area contributed by atoms with Crippen molar-refractivity contribution in [2.24, 2.45) is 0 Å². The van der Waals surface area contributed by atoms with Crippen LogP contribution in [0.5, 0.6) is 0 Å². The molecule has 1 N–H and O–H groups in total. The first kappa shape index (κ1) is 11.5. The summed E-state index contributed by atoms with van der Waals surface area (Å²) in [6.45, 7) is 1.85. The zero-order valence-electron chi connectivity index (χ0n) is 9.02. The molecule has 0 aliphatic heterocycles. The van der Waals surface area contributed by atoms with Crippen molar-refractivity contribution in [2.45, 2.75) is 6.92 Å². The zero-order valence-corrected chi connectivity index (χ0v) is 9.84. The molecule has 0 unspecified atom stereocenters. The van der Waals surface area contributed by atoms with Gasteiger partial charge in [0.25, 0.3) is 5.91 Å². The summed E-state index contributed by atoms with van der Waals surface area (Å²) in [5.41, 5.74) is 0.473. The number of nitrogens with one attached hydrogen (secondary N) is 1. The lowest BCUT2D eigenvalue weighted by Crippen LogP contribution is -2.12. The molecule has 1 aromatic carbocycles. The van der Waals surface area contributed by atoms with E-state index in [1.54, 1.807) is 24.3 Å². The maximum Gasteiger partial charge on any atom is 0.288 e. The SMILES string of the molecule is Cc1cc(=O)c2ccc(NC(=O)C=O)cc2s1. The number of carbonyl (C=O) groups is 2. The highest BCUT2D eigenvalue weighted by Gasteiger charge is 2.04. The van der Waals surface area contributed by atoms with E-state index >= 15 is 0 Å². The number of anilines is 1. The van der Waals surface area contributed by atoms with E-state index in [0.717, 1.165) is 9.58 Å². The van der Waals surface area contributed by atoms with Gasteiger partial charge in [-0.2, -0.15) is 0 Å². The average molecular weight is 247 g/mol. The quantitative estimate of drug-likeness (QED) is 0.649. The Labute approximate surface area is 101 Å². The lowest BCUT2D eigenvalue weighted by Gasteiger charge is -2.03. The molecule has 0 atom stereocenters. The van der Waals surface area contributed by atoms with E-state index in [-0.39, 0.29) is 11.7 Å². The van der Waals surface area contributed by atoms with Gasteiger partial charge >= 0.3 is 0 Å². The van der Waals surface area contributed by atoms with Crippen LogP contribution in [0.1, 0.15) is 4.88 Å². The Kier molecular flexibility index (Phi) is 3.01. The minimum Gasteiger partial charge on any atom is -0.320 e. The van der Waals surface area contributed by atoms with Crippen molar-refractivity contribution in [3.8, 4) is 0 Å². The summed E-state index contributed by atoms with van der Waals surface area (Å²) in [4.78, 5) is 33.7. The normalized spacial score (nSPS) is 10.2. The fourth-order valence-electron chi connectivity index (χ4n) is 1.53. The van der Waals surface area contributed by atoms with E-state index in [4.69, 9.17) is 0 Å². The molecule has 5 heteroatoms. The molecule has 2 aromatic rings. The van der Waals surface area contributed by atoms with Crippen LogP contribution in [0.15, 0.2) is 29.1 Å². The summed E-state index contributed by atoms with van der Waals surface area (Å²) >= 11 is 1.47. The smallest absolute Gasteiger partial charge is 0.288 e. The van der Waals surface area contributed by atoms with Crippen LogP contribution in [0.4, 0.5) is 5.69 Å². The van der Waals surface area contributed by atoms with Gasteiger partial charge in [0, 0.05) is 20.7 Å². The lowest BCUT2D eigenvalue weighted by atomic mass is 10.2. The van der Waals surface area contributed by atoms with Crippen molar-refractivity contribution in [3.63, 3.8) is 0 Å². The van der Waals surface area contributed by atoms with Crippen molar-refractivity contribution in [1.29, 1.82) is 0 Å². The van der Waals surface area contributed by atoms with Crippen molar-refractivity contribution < 1.29 is 9.59 Å². The maximum absolute atomic E-state index is 11.7. The van der Waals surface area contributed by atoms with Gasteiger partial charge < -0.3 is 5.32 Å². The van der Waals surface area contributed by atoms with Gasteiger partial charge in [-0.15, -0.1) is 11.3 Å². The maximum atomic E-state index is 11.7. The van der Waals surface area contributed by atoms with Crippen LogP contribution in [0.25, 0.3) is 10.1 Å². The molecule has 86 valence electrons. The Morgan fingerprint density at radius 3 is 2.82 bits per heavy atom. The lowest BCUT2D eigenvalue weighted by molar-refractivity contribution is -0.127. The predicted molar refractivity (Wildman–Crippen MR) is 67.5 cm³/mol. The number of amides is 1.